The van der Waals surface area contributed by atoms with Crippen molar-refractivity contribution in [2.24, 2.45) is 7.05 Å². The summed E-state index contributed by atoms with van der Waals surface area (Å²) < 4.78 is 6.38. The summed E-state index contributed by atoms with van der Waals surface area (Å²) in [6.07, 6.45) is 1.59. The van der Waals surface area contributed by atoms with Crippen LogP contribution in [0.5, 0.6) is 0 Å². The molecule has 0 fully saturated rings. The Kier molecular flexibility index (Phi) is 5.54. The molecular weight excluding hydrogens is 304 g/mol. The van der Waals surface area contributed by atoms with Crippen molar-refractivity contribution in [2.75, 3.05) is 12.9 Å². The molecule has 7 nitrogen and oxygen atoms in total. The summed E-state index contributed by atoms with van der Waals surface area (Å²) in [5.74, 6) is -0.201. The fourth-order valence-corrected chi connectivity index (χ4v) is 2.38. The van der Waals surface area contributed by atoms with Crippen LogP contribution in [0.15, 0.2) is 35.7 Å². The molecule has 0 saturated carbocycles. The molecule has 2 aromatic rings. The fraction of sp³-hybridized carbons (Fsp3) is 0.286. The monoisotopic (exact) mass is 320 g/mol. The maximum Gasteiger partial charge on any atom is 0.337 e. The summed E-state index contributed by atoms with van der Waals surface area (Å²) >= 11 is 1.32. The summed E-state index contributed by atoms with van der Waals surface area (Å²) in [6, 6.07) is 6.90. The molecule has 0 radical (unpaired) electrons. The number of esters is 1. The first-order valence-corrected chi connectivity index (χ1v) is 7.49. The smallest absolute Gasteiger partial charge is 0.337 e. The summed E-state index contributed by atoms with van der Waals surface area (Å²) in [6.45, 7) is 0.402. The summed E-state index contributed by atoms with van der Waals surface area (Å²) in [7, 11) is 3.16. The number of hydrogen-bond donors (Lipinski definition) is 1. The number of hydrogen-bond acceptors (Lipinski definition) is 6. The average Bonchev–Trinajstić information content (AvgIpc) is 2.95. The van der Waals surface area contributed by atoms with E-state index in [0.717, 1.165) is 5.56 Å². The van der Waals surface area contributed by atoms with Crippen LogP contribution in [0.4, 0.5) is 0 Å². The average molecular weight is 320 g/mol. The van der Waals surface area contributed by atoms with E-state index in [0.29, 0.717) is 17.3 Å². The third kappa shape index (κ3) is 4.32. The summed E-state index contributed by atoms with van der Waals surface area (Å²) in [4.78, 5) is 23.1. The number of aromatic nitrogens is 3. The van der Waals surface area contributed by atoms with Crippen molar-refractivity contribution in [1.82, 2.24) is 20.1 Å². The van der Waals surface area contributed by atoms with Crippen molar-refractivity contribution in [3.8, 4) is 0 Å². The second-order valence-corrected chi connectivity index (χ2v) is 5.42. The minimum absolute atomic E-state index is 0.0926. The first-order valence-electron chi connectivity index (χ1n) is 6.51. The van der Waals surface area contributed by atoms with Gasteiger partial charge in [-0.25, -0.2) is 4.79 Å². The van der Waals surface area contributed by atoms with Gasteiger partial charge in [0.05, 0.1) is 18.4 Å². The number of nitrogens with zero attached hydrogens (tertiary/aromatic N) is 3. The van der Waals surface area contributed by atoms with Gasteiger partial charge in [0.15, 0.2) is 5.16 Å². The van der Waals surface area contributed by atoms with Crippen molar-refractivity contribution in [3.63, 3.8) is 0 Å². The van der Waals surface area contributed by atoms with Gasteiger partial charge in [0.1, 0.15) is 6.33 Å². The van der Waals surface area contributed by atoms with E-state index in [2.05, 4.69) is 20.3 Å². The van der Waals surface area contributed by atoms with E-state index in [-0.39, 0.29) is 17.6 Å². The molecule has 0 spiro atoms. The van der Waals surface area contributed by atoms with E-state index in [9.17, 15) is 9.59 Å². The molecule has 116 valence electrons. The highest BCUT2D eigenvalue weighted by atomic mass is 32.2. The van der Waals surface area contributed by atoms with Gasteiger partial charge in [0.2, 0.25) is 5.91 Å². The molecule has 0 aliphatic rings. The van der Waals surface area contributed by atoms with Crippen molar-refractivity contribution in [2.45, 2.75) is 11.7 Å². The Morgan fingerprint density at radius 3 is 2.64 bits per heavy atom. The molecule has 1 N–H and O–H groups in total. The number of rotatable bonds is 6. The topological polar surface area (TPSA) is 86.1 Å². The van der Waals surface area contributed by atoms with Gasteiger partial charge in [-0.1, -0.05) is 23.9 Å². The lowest BCUT2D eigenvalue weighted by Gasteiger charge is -2.06. The Labute approximate surface area is 132 Å². The number of ether oxygens (including phenoxy) is 1. The quantitative estimate of drug-likeness (QED) is 0.631. The van der Waals surface area contributed by atoms with Crippen LogP contribution < -0.4 is 5.32 Å². The Balaban J connectivity index is 1.78. The SMILES string of the molecule is COC(=O)c1ccc(CNC(=O)CSc2nncn2C)cc1. The van der Waals surface area contributed by atoms with Gasteiger partial charge in [-0.15, -0.1) is 10.2 Å². The third-order valence-electron chi connectivity index (χ3n) is 2.87. The number of carbonyl (C=O) groups excluding carboxylic acids is 2. The first kappa shape index (κ1) is 16.0. The number of methoxy groups -OCH3 is 1. The standard InChI is InChI=1S/C14H16N4O3S/c1-18-9-16-17-14(18)22-8-12(19)15-7-10-3-5-11(6-4-10)13(20)21-2/h3-6,9H,7-8H2,1-2H3,(H,15,19). The Hall–Kier alpha value is -2.35. The minimum Gasteiger partial charge on any atom is -0.465 e. The highest BCUT2D eigenvalue weighted by molar-refractivity contribution is 7.99. The number of amides is 1. The van der Waals surface area contributed by atoms with Gasteiger partial charge in [-0.05, 0) is 17.7 Å². The Morgan fingerprint density at radius 1 is 1.32 bits per heavy atom. The van der Waals surface area contributed by atoms with Gasteiger partial charge in [-0.3, -0.25) is 4.79 Å². The predicted octanol–water partition coefficient (Wildman–Crippen LogP) is 1.01. The fourth-order valence-electron chi connectivity index (χ4n) is 1.66. The predicted molar refractivity (Wildman–Crippen MR) is 81.4 cm³/mol. The van der Waals surface area contributed by atoms with Crippen molar-refractivity contribution in [1.29, 1.82) is 0 Å². The van der Waals surface area contributed by atoms with Crippen molar-refractivity contribution >= 4 is 23.6 Å². The van der Waals surface area contributed by atoms with Crippen LogP contribution in [0, 0.1) is 0 Å². The van der Waals surface area contributed by atoms with Gasteiger partial charge >= 0.3 is 5.97 Å². The molecule has 1 amide bonds. The molecule has 8 heteroatoms. The van der Waals surface area contributed by atoms with Gasteiger partial charge in [0, 0.05) is 13.6 Å². The molecule has 0 saturated heterocycles. The van der Waals surface area contributed by atoms with Gasteiger partial charge in [-0.2, -0.15) is 0 Å². The minimum atomic E-state index is -0.379. The van der Waals surface area contributed by atoms with Crippen molar-refractivity contribution < 1.29 is 14.3 Å². The normalized spacial score (nSPS) is 10.3. The summed E-state index contributed by atoms with van der Waals surface area (Å²) in [5, 5.41) is 11.1. The maximum atomic E-state index is 11.8. The molecule has 1 aromatic heterocycles. The molecule has 0 aliphatic carbocycles. The molecule has 22 heavy (non-hydrogen) atoms. The Bertz CT molecular complexity index is 654. The van der Waals surface area contributed by atoms with Crippen LogP contribution in [-0.4, -0.2) is 39.5 Å². The zero-order valence-electron chi connectivity index (χ0n) is 12.3. The van der Waals surface area contributed by atoms with Gasteiger partial charge in [0.25, 0.3) is 0 Å². The maximum absolute atomic E-state index is 11.8. The molecule has 0 aliphatic heterocycles. The zero-order chi connectivity index (χ0) is 15.9. The number of nitrogens with one attached hydrogen (secondary N) is 1. The zero-order valence-corrected chi connectivity index (χ0v) is 13.1. The highest BCUT2D eigenvalue weighted by Crippen LogP contribution is 2.12. The second kappa shape index (κ2) is 7.60. The van der Waals surface area contributed by atoms with E-state index in [1.54, 1.807) is 35.2 Å². The van der Waals surface area contributed by atoms with Gasteiger partial charge < -0.3 is 14.6 Å². The lowest BCUT2D eigenvalue weighted by molar-refractivity contribution is -0.118. The number of carbonyl (C=O) groups is 2. The number of benzene rings is 1. The molecule has 1 heterocycles. The number of thioether (sulfide) groups is 1. The lowest BCUT2D eigenvalue weighted by atomic mass is 10.1. The molecule has 1 aromatic carbocycles. The lowest BCUT2D eigenvalue weighted by Crippen LogP contribution is -2.24. The molecule has 0 bridgehead atoms. The number of aryl methyl sites for hydroxylation is 1. The van der Waals surface area contributed by atoms with Crippen LogP contribution in [0.1, 0.15) is 15.9 Å². The van der Waals surface area contributed by atoms with E-state index in [4.69, 9.17) is 0 Å². The van der Waals surface area contributed by atoms with E-state index < -0.39 is 0 Å². The second-order valence-electron chi connectivity index (χ2n) is 4.48. The highest BCUT2D eigenvalue weighted by Gasteiger charge is 2.07. The molecule has 2 rings (SSSR count). The van der Waals surface area contributed by atoms with E-state index in [1.807, 2.05) is 7.05 Å². The molecular formula is C14H16N4O3S. The van der Waals surface area contributed by atoms with E-state index >= 15 is 0 Å². The molecule has 0 atom stereocenters. The largest absolute Gasteiger partial charge is 0.465 e. The van der Waals surface area contributed by atoms with Crippen LogP contribution in [-0.2, 0) is 23.1 Å². The molecule has 0 unspecified atom stereocenters. The van der Waals surface area contributed by atoms with Crippen molar-refractivity contribution in [3.05, 3.63) is 41.7 Å². The first-order chi connectivity index (χ1) is 10.6. The van der Waals surface area contributed by atoms with Crippen LogP contribution in [0.3, 0.4) is 0 Å². The van der Waals surface area contributed by atoms with E-state index in [1.165, 1.54) is 18.9 Å². The van der Waals surface area contributed by atoms with Crippen LogP contribution in [0.2, 0.25) is 0 Å². The van der Waals surface area contributed by atoms with Crippen LogP contribution in [0.25, 0.3) is 0 Å². The Morgan fingerprint density at radius 2 is 2.05 bits per heavy atom. The third-order valence-corrected chi connectivity index (χ3v) is 3.90. The van der Waals surface area contributed by atoms with Crippen LogP contribution >= 0.6 is 11.8 Å². The summed E-state index contributed by atoms with van der Waals surface area (Å²) in [5.41, 5.74) is 1.39.